The third-order valence-corrected chi connectivity index (χ3v) is 2.94. The van der Waals surface area contributed by atoms with E-state index in [1.54, 1.807) is 16.8 Å². The van der Waals surface area contributed by atoms with E-state index in [9.17, 15) is 4.79 Å². The van der Waals surface area contributed by atoms with Crippen molar-refractivity contribution in [3.63, 3.8) is 0 Å². The third-order valence-electron chi connectivity index (χ3n) is 2.94. The Morgan fingerprint density at radius 1 is 1.12 bits per heavy atom. The highest BCUT2D eigenvalue weighted by atomic mass is 16.3. The number of pyridine rings is 1. The average molecular weight is 229 g/mol. The predicted molar refractivity (Wildman–Crippen MR) is 67.4 cm³/mol. The lowest BCUT2D eigenvalue weighted by atomic mass is 10.1. The van der Waals surface area contributed by atoms with Crippen molar-refractivity contribution >= 4 is 0 Å². The molecule has 17 heavy (non-hydrogen) atoms. The zero-order valence-corrected chi connectivity index (χ0v) is 9.97. The van der Waals surface area contributed by atoms with Crippen LogP contribution in [0, 0.1) is 13.8 Å². The van der Waals surface area contributed by atoms with Crippen LogP contribution in [0.15, 0.2) is 41.3 Å². The van der Waals surface area contributed by atoms with Gasteiger partial charge in [0.15, 0.2) is 0 Å². The Kier molecular flexibility index (Phi) is 3.11. The first-order valence-corrected chi connectivity index (χ1v) is 5.52. The Hall–Kier alpha value is -1.87. The van der Waals surface area contributed by atoms with E-state index in [2.05, 4.69) is 0 Å². The summed E-state index contributed by atoms with van der Waals surface area (Å²) in [6, 6.07) is 9.10. The second-order valence-electron chi connectivity index (χ2n) is 4.17. The van der Waals surface area contributed by atoms with Crippen molar-refractivity contribution in [1.29, 1.82) is 0 Å². The molecule has 2 aromatic rings. The molecule has 0 saturated carbocycles. The molecule has 1 aromatic carbocycles. The van der Waals surface area contributed by atoms with Gasteiger partial charge in [-0.2, -0.15) is 0 Å². The molecule has 3 heteroatoms. The van der Waals surface area contributed by atoms with Crippen LogP contribution in [0.4, 0.5) is 0 Å². The minimum Gasteiger partial charge on any atom is -0.392 e. The molecule has 0 atom stereocenters. The van der Waals surface area contributed by atoms with Crippen molar-refractivity contribution in [2.24, 2.45) is 0 Å². The van der Waals surface area contributed by atoms with E-state index in [1.165, 1.54) is 11.6 Å². The fourth-order valence-electron chi connectivity index (χ4n) is 1.71. The highest BCUT2D eigenvalue weighted by Crippen LogP contribution is 2.12. The molecule has 0 spiro atoms. The topological polar surface area (TPSA) is 42.2 Å². The van der Waals surface area contributed by atoms with Crippen LogP contribution in [0.2, 0.25) is 0 Å². The summed E-state index contributed by atoms with van der Waals surface area (Å²) in [7, 11) is 0. The van der Waals surface area contributed by atoms with E-state index in [4.69, 9.17) is 5.11 Å². The lowest BCUT2D eigenvalue weighted by Gasteiger charge is -2.08. The van der Waals surface area contributed by atoms with E-state index in [0.717, 1.165) is 11.3 Å². The molecular weight excluding hydrogens is 214 g/mol. The summed E-state index contributed by atoms with van der Waals surface area (Å²) in [5.41, 5.74) is 3.71. The first-order chi connectivity index (χ1) is 8.11. The minimum atomic E-state index is -0.125. The summed E-state index contributed by atoms with van der Waals surface area (Å²) in [6.07, 6.45) is 1.69. The van der Waals surface area contributed by atoms with Crippen LogP contribution in [-0.2, 0) is 6.61 Å². The third kappa shape index (κ3) is 2.29. The van der Waals surface area contributed by atoms with Gasteiger partial charge in [0, 0.05) is 18.0 Å². The van der Waals surface area contributed by atoms with E-state index >= 15 is 0 Å². The van der Waals surface area contributed by atoms with Crippen molar-refractivity contribution in [2.45, 2.75) is 20.5 Å². The Morgan fingerprint density at radius 2 is 1.88 bits per heavy atom. The summed E-state index contributed by atoms with van der Waals surface area (Å²) in [6.45, 7) is 3.95. The number of rotatable bonds is 2. The number of aliphatic hydroxyl groups excluding tert-OH is 1. The molecule has 0 aliphatic heterocycles. The lowest BCUT2D eigenvalue weighted by Crippen LogP contribution is -2.17. The molecule has 88 valence electrons. The molecule has 0 unspecified atom stereocenters. The Balaban J connectivity index is 2.53. The molecule has 1 aromatic heterocycles. The minimum absolute atomic E-state index is 0.108. The Labute approximate surface area is 100.0 Å². The van der Waals surface area contributed by atoms with Gasteiger partial charge in [-0.25, -0.2) is 0 Å². The van der Waals surface area contributed by atoms with Gasteiger partial charge < -0.3 is 5.11 Å². The second kappa shape index (κ2) is 4.55. The normalized spacial score (nSPS) is 10.5. The largest absolute Gasteiger partial charge is 0.392 e. The number of nitrogens with zero attached hydrogens (tertiary/aromatic N) is 1. The zero-order valence-electron chi connectivity index (χ0n) is 9.97. The average Bonchev–Trinajstić information content (AvgIpc) is 2.32. The van der Waals surface area contributed by atoms with Crippen LogP contribution in [0.1, 0.15) is 16.7 Å². The standard InChI is InChI=1S/C14H15NO2/c1-10-3-4-13(7-11(10)2)15-6-5-12(9-16)8-14(15)17/h3-8,16H,9H2,1-2H3. The van der Waals surface area contributed by atoms with Crippen molar-refractivity contribution in [2.75, 3.05) is 0 Å². The molecule has 0 bridgehead atoms. The van der Waals surface area contributed by atoms with E-state index < -0.39 is 0 Å². The molecule has 2 rings (SSSR count). The molecule has 0 aliphatic carbocycles. The van der Waals surface area contributed by atoms with Crippen molar-refractivity contribution in [3.8, 4) is 5.69 Å². The fraction of sp³-hybridized carbons (Fsp3) is 0.214. The number of benzene rings is 1. The van der Waals surface area contributed by atoms with Gasteiger partial charge in [-0.3, -0.25) is 9.36 Å². The monoisotopic (exact) mass is 229 g/mol. The Morgan fingerprint density at radius 3 is 2.47 bits per heavy atom. The second-order valence-corrected chi connectivity index (χ2v) is 4.17. The highest BCUT2D eigenvalue weighted by Gasteiger charge is 2.02. The molecule has 0 aliphatic rings. The van der Waals surface area contributed by atoms with E-state index in [-0.39, 0.29) is 12.2 Å². The van der Waals surface area contributed by atoms with Crippen LogP contribution < -0.4 is 5.56 Å². The van der Waals surface area contributed by atoms with E-state index in [1.807, 2.05) is 32.0 Å². The van der Waals surface area contributed by atoms with Gasteiger partial charge in [0.05, 0.1) is 6.61 Å². The molecule has 0 saturated heterocycles. The summed E-state index contributed by atoms with van der Waals surface area (Å²) in [5, 5.41) is 8.96. The van der Waals surface area contributed by atoms with E-state index in [0.29, 0.717) is 5.56 Å². The summed E-state index contributed by atoms with van der Waals surface area (Å²) in [4.78, 5) is 11.8. The van der Waals surface area contributed by atoms with Crippen molar-refractivity contribution in [3.05, 3.63) is 63.6 Å². The zero-order chi connectivity index (χ0) is 12.4. The van der Waals surface area contributed by atoms with Gasteiger partial charge in [-0.1, -0.05) is 6.07 Å². The molecule has 1 heterocycles. The van der Waals surface area contributed by atoms with Gasteiger partial charge in [-0.05, 0) is 48.7 Å². The molecule has 3 nitrogen and oxygen atoms in total. The molecule has 0 fully saturated rings. The SMILES string of the molecule is Cc1ccc(-n2ccc(CO)cc2=O)cc1C. The van der Waals surface area contributed by atoms with Crippen molar-refractivity contribution in [1.82, 2.24) is 4.57 Å². The van der Waals surface area contributed by atoms with Crippen LogP contribution in [0.25, 0.3) is 5.69 Å². The van der Waals surface area contributed by atoms with Gasteiger partial charge >= 0.3 is 0 Å². The van der Waals surface area contributed by atoms with Gasteiger partial charge in [-0.15, -0.1) is 0 Å². The lowest BCUT2D eigenvalue weighted by molar-refractivity contribution is 0.281. The highest BCUT2D eigenvalue weighted by molar-refractivity contribution is 5.40. The molecule has 0 radical (unpaired) electrons. The molecule has 1 N–H and O–H groups in total. The van der Waals surface area contributed by atoms with Gasteiger partial charge in [0.25, 0.3) is 5.56 Å². The fourth-order valence-corrected chi connectivity index (χ4v) is 1.71. The number of aromatic nitrogens is 1. The summed E-state index contributed by atoms with van der Waals surface area (Å²) < 4.78 is 1.58. The van der Waals surface area contributed by atoms with Gasteiger partial charge in [0.2, 0.25) is 0 Å². The smallest absolute Gasteiger partial charge is 0.255 e. The number of aryl methyl sites for hydroxylation is 2. The molecule has 0 amide bonds. The van der Waals surface area contributed by atoms with Gasteiger partial charge in [0.1, 0.15) is 0 Å². The maximum Gasteiger partial charge on any atom is 0.255 e. The number of hydrogen-bond acceptors (Lipinski definition) is 2. The maximum absolute atomic E-state index is 11.8. The summed E-state index contributed by atoms with van der Waals surface area (Å²) in [5.74, 6) is 0. The van der Waals surface area contributed by atoms with Crippen LogP contribution in [0.5, 0.6) is 0 Å². The van der Waals surface area contributed by atoms with Crippen LogP contribution >= 0.6 is 0 Å². The van der Waals surface area contributed by atoms with Crippen LogP contribution in [0.3, 0.4) is 0 Å². The quantitative estimate of drug-likeness (QED) is 0.855. The van der Waals surface area contributed by atoms with Crippen molar-refractivity contribution < 1.29 is 5.11 Å². The number of aliphatic hydroxyl groups is 1. The first kappa shape index (κ1) is 11.6. The number of hydrogen-bond donors (Lipinski definition) is 1. The summed E-state index contributed by atoms with van der Waals surface area (Å²) >= 11 is 0. The Bertz CT molecular complexity index is 599. The predicted octanol–water partition coefficient (Wildman–Crippen LogP) is 1.95. The van der Waals surface area contributed by atoms with Crippen LogP contribution in [-0.4, -0.2) is 9.67 Å². The maximum atomic E-state index is 11.8. The first-order valence-electron chi connectivity index (χ1n) is 5.52. The molecular formula is C14H15NO2.